The lowest BCUT2D eigenvalue weighted by atomic mass is 9.72. The first kappa shape index (κ1) is 14.0. The van der Waals surface area contributed by atoms with Crippen molar-refractivity contribution >= 4 is 18.3 Å². The third-order valence-corrected chi connectivity index (χ3v) is 7.51. The highest BCUT2D eigenvalue weighted by molar-refractivity contribution is 8.09. The Morgan fingerprint density at radius 3 is 2.00 bits per heavy atom. The highest BCUT2D eigenvalue weighted by Gasteiger charge is 2.35. The molecule has 0 N–H and O–H groups in total. The van der Waals surface area contributed by atoms with E-state index in [0.717, 1.165) is 37.1 Å². The molecule has 100 valence electrons. The SMILES string of the molecule is CCP1(=S)OCC(C2CC(C)CC(C)C2)CO1. The Bertz CT molecular complexity index is 286. The summed E-state index contributed by atoms with van der Waals surface area (Å²) in [6.45, 7) is 6.64. The summed E-state index contributed by atoms with van der Waals surface area (Å²) < 4.78 is 11.7. The fourth-order valence-corrected chi connectivity index (χ4v) is 4.99. The van der Waals surface area contributed by atoms with Crippen LogP contribution >= 0.6 is 6.49 Å². The van der Waals surface area contributed by atoms with Crippen LogP contribution in [0.2, 0.25) is 0 Å². The van der Waals surface area contributed by atoms with Crippen LogP contribution in [0, 0.1) is 23.7 Å². The number of hydrogen-bond donors (Lipinski definition) is 0. The molecule has 0 amide bonds. The first-order chi connectivity index (χ1) is 8.02. The van der Waals surface area contributed by atoms with Crippen molar-refractivity contribution in [1.82, 2.24) is 0 Å². The van der Waals surface area contributed by atoms with Crippen LogP contribution < -0.4 is 0 Å². The molecule has 2 rings (SSSR count). The second-order valence-corrected chi connectivity index (χ2v) is 10.00. The van der Waals surface area contributed by atoms with Gasteiger partial charge in [-0.2, -0.15) is 0 Å². The molecular formula is C13H25O2PS. The maximum atomic E-state index is 5.85. The average Bonchev–Trinajstić information content (AvgIpc) is 2.29. The van der Waals surface area contributed by atoms with Gasteiger partial charge >= 0.3 is 0 Å². The lowest BCUT2D eigenvalue weighted by molar-refractivity contribution is 0.0475. The predicted molar refractivity (Wildman–Crippen MR) is 75.9 cm³/mol. The number of hydrogen-bond acceptors (Lipinski definition) is 3. The zero-order valence-corrected chi connectivity index (χ0v) is 12.9. The summed E-state index contributed by atoms with van der Waals surface area (Å²) >= 11 is 5.42. The second-order valence-electron chi connectivity index (χ2n) is 5.96. The Hall–Kier alpha value is 0.570. The van der Waals surface area contributed by atoms with Gasteiger partial charge in [0, 0.05) is 12.1 Å². The van der Waals surface area contributed by atoms with Gasteiger partial charge in [-0.1, -0.05) is 20.8 Å². The van der Waals surface area contributed by atoms with E-state index in [-0.39, 0.29) is 0 Å². The molecule has 1 aliphatic carbocycles. The van der Waals surface area contributed by atoms with E-state index in [0.29, 0.717) is 5.92 Å². The van der Waals surface area contributed by atoms with E-state index in [1.165, 1.54) is 19.3 Å². The lowest BCUT2D eigenvalue weighted by Gasteiger charge is -2.40. The van der Waals surface area contributed by atoms with E-state index >= 15 is 0 Å². The first-order valence-corrected chi connectivity index (χ1v) is 9.73. The van der Waals surface area contributed by atoms with E-state index in [1.807, 2.05) is 0 Å². The van der Waals surface area contributed by atoms with Crippen molar-refractivity contribution in [1.29, 1.82) is 0 Å². The fraction of sp³-hybridized carbons (Fsp3) is 1.00. The van der Waals surface area contributed by atoms with Gasteiger partial charge in [0.2, 0.25) is 0 Å². The van der Waals surface area contributed by atoms with Gasteiger partial charge in [-0.25, -0.2) is 0 Å². The molecule has 4 heteroatoms. The molecule has 1 aliphatic heterocycles. The van der Waals surface area contributed by atoms with Gasteiger partial charge in [0.25, 0.3) is 0 Å². The summed E-state index contributed by atoms with van der Waals surface area (Å²) in [5, 5.41) is 0. The van der Waals surface area contributed by atoms with Crippen LogP contribution in [0.5, 0.6) is 0 Å². The molecule has 0 aromatic carbocycles. The summed E-state index contributed by atoms with van der Waals surface area (Å²) in [5.41, 5.74) is 0. The summed E-state index contributed by atoms with van der Waals surface area (Å²) in [6, 6.07) is 0. The first-order valence-electron chi connectivity index (χ1n) is 6.90. The topological polar surface area (TPSA) is 18.5 Å². The van der Waals surface area contributed by atoms with Gasteiger partial charge < -0.3 is 9.05 Å². The second kappa shape index (κ2) is 5.69. The van der Waals surface area contributed by atoms with Crippen molar-refractivity contribution in [2.24, 2.45) is 23.7 Å². The molecular weight excluding hydrogens is 251 g/mol. The molecule has 1 heterocycles. The molecule has 1 saturated carbocycles. The molecule has 0 aromatic heterocycles. The zero-order valence-electron chi connectivity index (χ0n) is 11.2. The van der Waals surface area contributed by atoms with E-state index < -0.39 is 6.49 Å². The molecule has 2 nitrogen and oxygen atoms in total. The standard InChI is InChI=1S/C13H25O2PS/c1-4-16(17)14-8-13(9-15-16)12-6-10(2)5-11(3)7-12/h10-13H,4-9H2,1-3H3. The maximum absolute atomic E-state index is 5.85. The zero-order chi connectivity index (χ0) is 12.5. The summed E-state index contributed by atoms with van der Waals surface area (Å²) in [7, 11) is 0. The van der Waals surface area contributed by atoms with Gasteiger partial charge in [0.05, 0.1) is 13.2 Å². The Morgan fingerprint density at radius 2 is 1.53 bits per heavy atom. The van der Waals surface area contributed by atoms with E-state index in [9.17, 15) is 0 Å². The minimum Gasteiger partial charge on any atom is -0.329 e. The Morgan fingerprint density at radius 1 is 1.00 bits per heavy atom. The molecule has 2 aliphatic rings. The smallest absolute Gasteiger partial charge is 0.188 e. The van der Waals surface area contributed by atoms with Gasteiger partial charge in [0.1, 0.15) is 0 Å². The Balaban J connectivity index is 1.90. The van der Waals surface area contributed by atoms with Gasteiger partial charge in [-0.15, -0.1) is 0 Å². The molecule has 0 radical (unpaired) electrons. The molecule has 2 atom stereocenters. The van der Waals surface area contributed by atoms with Crippen molar-refractivity contribution in [2.75, 3.05) is 19.4 Å². The molecule has 0 aromatic rings. The molecule has 2 fully saturated rings. The molecule has 0 bridgehead atoms. The number of rotatable bonds is 2. The Labute approximate surface area is 111 Å². The van der Waals surface area contributed by atoms with E-state index in [2.05, 4.69) is 20.8 Å². The van der Waals surface area contributed by atoms with Crippen LogP contribution in [0.25, 0.3) is 0 Å². The third-order valence-electron chi connectivity index (χ3n) is 4.24. The van der Waals surface area contributed by atoms with Crippen molar-refractivity contribution in [3.8, 4) is 0 Å². The minimum atomic E-state index is -1.88. The van der Waals surface area contributed by atoms with Gasteiger partial charge in [-0.05, 0) is 48.8 Å². The normalized spacial score (nSPS) is 47.9. The molecule has 17 heavy (non-hydrogen) atoms. The molecule has 1 saturated heterocycles. The van der Waals surface area contributed by atoms with Crippen molar-refractivity contribution in [3.63, 3.8) is 0 Å². The van der Waals surface area contributed by atoms with Crippen molar-refractivity contribution < 1.29 is 9.05 Å². The summed E-state index contributed by atoms with van der Waals surface area (Å²) in [4.78, 5) is 0. The van der Waals surface area contributed by atoms with E-state index in [1.54, 1.807) is 0 Å². The maximum Gasteiger partial charge on any atom is 0.188 e. The quantitative estimate of drug-likeness (QED) is 0.709. The van der Waals surface area contributed by atoms with Crippen LogP contribution in [0.4, 0.5) is 0 Å². The average molecular weight is 276 g/mol. The fourth-order valence-electron chi connectivity index (χ4n) is 3.35. The molecule has 2 unspecified atom stereocenters. The predicted octanol–water partition coefficient (Wildman–Crippen LogP) is 4.05. The van der Waals surface area contributed by atoms with Crippen molar-refractivity contribution in [2.45, 2.75) is 40.0 Å². The van der Waals surface area contributed by atoms with Gasteiger partial charge in [0.15, 0.2) is 6.49 Å². The highest BCUT2D eigenvalue weighted by atomic mass is 32.5. The van der Waals surface area contributed by atoms with Crippen LogP contribution in [0.1, 0.15) is 40.0 Å². The van der Waals surface area contributed by atoms with Crippen molar-refractivity contribution in [3.05, 3.63) is 0 Å². The Kier molecular flexibility index (Phi) is 4.68. The van der Waals surface area contributed by atoms with Crippen LogP contribution in [0.3, 0.4) is 0 Å². The highest BCUT2D eigenvalue weighted by Crippen LogP contribution is 2.53. The van der Waals surface area contributed by atoms with Crippen LogP contribution in [-0.4, -0.2) is 19.4 Å². The summed E-state index contributed by atoms with van der Waals surface area (Å²) in [5.74, 6) is 3.09. The van der Waals surface area contributed by atoms with Gasteiger partial charge in [-0.3, -0.25) is 0 Å². The third kappa shape index (κ3) is 3.53. The largest absolute Gasteiger partial charge is 0.329 e. The van der Waals surface area contributed by atoms with Crippen LogP contribution in [-0.2, 0) is 20.9 Å². The molecule has 0 spiro atoms. The monoisotopic (exact) mass is 276 g/mol. The lowest BCUT2D eigenvalue weighted by Crippen LogP contribution is -2.33. The minimum absolute atomic E-state index is 0.586. The van der Waals surface area contributed by atoms with Crippen LogP contribution in [0.15, 0.2) is 0 Å². The van der Waals surface area contributed by atoms with E-state index in [4.69, 9.17) is 20.9 Å². The summed E-state index contributed by atoms with van der Waals surface area (Å²) in [6.07, 6.45) is 4.94.